The van der Waals surface area contributed by atoms with Crippen LogP contribution >= 0.6 is 0 Å². The Hall–Kier alpha value is -0.650. The van der Waals surface area contributed by atoms with Gasteiger partial charge in [0.05, 0.1) is 12.7 Å². The van der Waals surface area contributed by atoms with Crippen LogP contribution in [-0.2, 0) is 14.3 Å². The van der Waals surface area contributed by atoms with Crippen molar-refractivity contribution in [3.63, 3.8) is 0 Å². The van der Waals surface area contributed by atoms with Gasteiger partial charge in [-0.3, -0.25) is 4.79 Å². The van der Waals surface area contributed by atoms with E-state index in [1.807, 2.05) is 0 Å². The highest BCUT2D eigenvalue weighted by Gasteiger charge is 2.37. The summed E-state index contributed by atoms with van der Waals surface area (Å²) in [6, 6.07) is 0. The van der Waals surface area contributed by atoms with E-state index < -0.39 is 0 Å². The second-order valence-corrected chi connectivity index (χ2v) is 16.0. The predicted octanol–water partition coefficient (Wildman–Crippen LogP) is 13.1. The van der Waals surface area contributed by atoms with Gasteiger partial charge >= 0.3 is 5.97 Å². The van der Waals surface area contributed by atoms with Crippen LogP contribution in [0.15, 0.2) is 0 Å². The fraction of sp³-hybridized carbons (Fsp3) is 0.978. The first-order valence-corrected chi connectivity index (χ1v) is 22.8. The lowest BCUT2D eigenvalue weighted by molar-refractivity contribution is -0.150. The van der Waals surface area contributed by atoms with Crippen LogP contribution in [0.3, 0.4) is 0 Å². The molecule has 1 rings (SSSR count). The number of rotatable bonds is 41. The van der Waals surface area contributed by atoms with Gasteiger partial charge in [0.15, 0.2) is 0 Å². The van der Waals surface area contributed by atoms with Crippen molar-refractivity contribution in [2.75, 3.05) is 32.8 Å². The molecule has 0 radical (unpaired) electrons. The fourth-order valence-corrected chi connectivity index (χ4v) is 7.54. The minimum absolute atomic E-state index is 0.0321. The summed E-state index contributed by atoms with van der Waals surface area (Å²) in [5, 5.41) is 9.57. The lowest BCUT2D eigenvalue weighted by Crippen LogP contribution is -2.29. The molecule has 0 bridgehead atoms. The third kappa shape index (κ3) is 30.9. The minimum Gasteiger partial charge on any atom is -0.462 e. The van der Waals surface area contributed by atoms with Crippen molar-refractivity contribution >= 4 is 5.97 Å². The summed E-state index contributed by atoms with van der Waals surface area (Å²) >= 11 is 0. The van der Waals surface area contributed by atoms with Crippen molar-refractivity contribution < 1.29 is 19.4 Å². The van der Waals surface area contributed by atoms with E-state index in [1.54, 1.807) is 0 Å². The molecule has 1 aliphatic rings. The van der Waals surface area contributed by atoms with Crippen LogP contribution < -0.4 is 0 Å². The summed E-state index contributed by atoms with van der Waals surface area (Å²) in [7, 11) is 0. The van der Waals surface area contributed by atoms with Gasteiger partial charge in [0, 0.05) is 19.6 Å². The average Bonchev–Trinajstić information content (AvgIpc) is 3.87. The van der Waals surface area contributed by atoms with E-state index in [1.165, 1.54) is 180 Å². The molecule has 0 aromatic heterocycles. The summed E-state index contributed by atoms with van der Waals surface area (Å²) in [6.07, 6.45) is 41.9. The highest BCUT2D eigenvalue weighted by Crippen LogP contribution is 2.38. The van der Waals surface area contributed by atoms with Crippen LogP contribution in [0.25, 0.3) is 0 Å². The fourth-order valence-electron chi connectivity index (χ4n) is 7.54. The van der Waals surface area contributed by atoms with Crippen LogP contribution in [0.4, 0.5) is 0 Å². The van der Waals surface area contributed by atoms with E-state index in [2.05, 4.69) is 25.7 Å². The van der Waals surface area contributed by atoms with Gasteiger partial charge in [-0.1, -0.05) is 162 Å². The number of ether oxygens (including phenoxy) is 2. The molecule has 1 N–H and O–H groups in total. The highest BCUT2D eigenvalue weighted by atomic mass is 16.5. The van der Waals surface area contributed by atoms with Gasteiger partial charge in [0.1, 0.15) is 6.10 Å². The Kier molecular flexibility index (Phi) is 34.8. The average molecular weight is 708 g/mol. The number of nitrogens with zero attached hydrogens (tertiary/aromatic N) is 1. The summed E-state index contributed by atoms with van der Waals surface area (Å²) in [5.41, 5.74) is 0. The molecule has 50 heavy (non-hydrogen) atoms. The number of aliphatic hydroxyl groups excluding tert-OH is 1. The molecule has 1 aliphatic carbocycles. The van der Waals surface area contributed by atoms with Gasteiger partial charge in [-0.05, 0) is 83.2 Å². The number of hydrogen-bond donors (Lipinski definition) is 1. The van der Waals surface area contributed by atoms with Crippen molar-refractivity contribution in [1.82, 2.24) is 4.90 Å². The summed E-state index contributed by atoms with van der Waals surface area (Å²) in [4.78, 5) is 15.1. The summed E-state index contributed by atoms with van der Waals surface area (Å²) in [6.45, 7) is 11.0. The van der Waals surface area contributed by atoms with Gasteiger partial charge < -0.3 is 19.5 Å². The van der Waals surface area contributed by atoms with E-state index in [-0.39, 0.29) is 18.7 Å². The molecule has 5 nitrogen and oxygen atoms in total. The van der Waals surface area contributed by atoms with Crippen molar-refractivity contribution in [3.05, 3.63) is 0 Å². The second-order valence-electron chi connectivity index (χ2n) is 16.0. The van der Waals surface area contributed by atoms with E-state index in [0.717, 1.165) is 57.8 Å². The molecule has 0 aromatic carbocycles. The zero-order valence-electron chi connectivity index (χ0n) is 34.2. The molecular weight excluding hydrogens is 618 g/mol. The monoisotopic (exact) mass is 708 g/mol. The zero-order valence-corrected chi connectivity index (χ0v) is 34.2. The molecule has 0 aliphatic heterocycles. The molecule has 0 heterocycles. The lowest BCUT2D eigenvalue weighted by Gasteiger charge is -2.21. The molecule has 0 aromatic rings. The third-order valence-electron chi connectivity index (χ3n) is 11.1. The highest BCUT2D eigenvalue weighted by molar-refractivity contribution is 5.69. The number of hydrogen-bond acceptors (Lipinski definition) is 5. The number of unbranched alkanes of at least 4 members (excludes halogenated alkanes) is 23. The number of aliphatic hydroxyl groups is 1. The van der Waals surface area contributed by atoms with Crippen LogP contribution in [0, 0.1) is 5.92 Å². The first kappa shape index (κ1) is 47.4. The Morgan fingerprint density at radius 2 is 1.04 bits per heavy atom. The predicted molar refractivity (Wildman–Crippen MR) is 216 cm³/mol. The maximum Gasteiger partial charge on any atom is 0.306 e. The Labute approximate surface area is 313 Å². The number of carbonyl (C=O) groups excluding carboxylic acids is 1. The van der Waals surface area contributed by atoms with Gasteiger partial charge in [0.2, 0.25) is 0 Å². The zero-order chi connectivity index (χ0) is 36.2. The maximum atomic E-state index is 12.7. The molecule has 0 amide bonds. The Morgan fingerprint density at radius 1 is 0.580 bits per heavy atom. The van der Waals surface area contributed by atoms with Crippen LogP contribution in [0.2, 0.25) is 0 Å². The van der Waals surface area contributed by atoms with Crippen LogP contribution in [0.1, 0.15) is 233 Å². The van der Waals surface area contributed by atoms with Gasteiger partial charge in [0.25, 0.3) is 0 Å². The van der Waals surface area contributed by atoms with Crippen molar-refractivity contribution in [3.8, 4) is 0 Å². The van der Waals surface area contributed by atoms with Crippen LogP contribution in [0.5, 0.6) is 0 Å². The Bertz CT molecular complexity index is 687. The number of carbonyl (C=O) groups is 1. The van der Waals surface area contributed by atoms with Crippen molar-refractivity contribution in [2.24, 2.45) is 5.92 Å². The molecule has 2 atom stereocenters. The standard InChI is InChI=1S/C45H89NO4/c1-4-7-10-13-19-26-33-43(34-27-20-14-11-8-5-2)50-45(48)35-28-21-17-23-30-37-46(38-39-47)36-29-22-15-16-24-31-40-49-44-41-42(44)32-25-18-12-9-6-3/h42-44,47H,4-41H2,1-3H3. The molecule has 2 unspecified atom stereocenters. The van der Waals surface area contributed by atoms with E-state index in [4.69, 9.17) is 9.47 Å². The molecule has 1 fully saturated rings. The van der Waals surface area contributed by atoms with Gasteiger partial charge in [-0.25, -0.2) is 0 Å². The third-order valence-corrected chi connectivity index (χ3v) is 11.1. The van der Waals surface area contributed by atoms with Crippen LogP contribution in [-0.4, -0.2) is 61.0 Å². The first-order valence-electron chi connectivity index (χ1n) is 22.8. The van der Waals surface area contributed by atoms with E-state index in [0.29, 0.717) is 12.5 Å². The molecule has 0 spiro atoms. The SMILES string of the molecule is CCCCCCCCC(CCCCCCCC)OC(=O)CCCCCCCN(CCO)CCCCCCCCOC1CC1CCCCCCC. The maximum absolute atomic E-state index is 12.7. The second kappa shape index (κ2) is 36.7. The van der Waals surface area contributed by atoms with E-state index in [9.17, 15) is 9.90 Å². The van der Waals surface area contributed by atoms with Gasteiger partial charge in [-0.2, -0.15) is 0 Å². The van der Waals surface area contributed by atoms with Crippen molar-refractivity contribution in [2.45, 2.75) is 245 Å². The summed E-state index contributed by atoms with van der Waals surface area (Å²) < 4.78 is 12.1. The van der Waals surface area contributed by atoms with E-state index >= 15 is 0 Å². The normalized spacial score (nSPS) is 15.8. The van der Waals surface area contributed by atoms with Gasteiger partial charge in [-0.15, -0.1) is 0 Å². The number of esters is 1. The molecule has 298 valence electrons. The smallest absolute Gasteiger partial charge is 0.306 e. The first-order chi connectivity index (χ1) is 24.6. The minimum atomic E-state index is 0.0321. The molecule has 5 heteroatoms. The Morgan fingerprint density at radius 3 is 1.58 bits per heavy atom. The van der Waals surface area contributed by atoms with Crippen molar-refractivity contribution in [1.29, 1.82) is 0 Å². The molecular formula is C45H89NO4. The summed E-state index contributed by atoms with van der Waals surface area (Å²) in [5.74, 6) is 0.899. The molecule has 0 saturated heterocycles. The largest absolute Gasteiger partial charge is 0.462 e. The lowest BCUT2D eigenvalue weighted by atomic mass is 10.0. The Balaban J connectivity index is 2.03. The topological polar surface area (TPSA) is 59.0 Å². The molecule has 1 saturated carbocycles. The quantitative estimate of drug-likeness (QED) is 0.0506.